The monoisotopic (exact) mass is 319 g/mol. The number of likely N-dealkylation sites (N-methyl/N-ethyl adjacent to an activating group) is 1. The Hall–Kier alpha value is -1.46. The van der Waals surface area contributed by atoms with Crippen LogP contribution in [0.25, 0.3) is 0 Å². The van der Waals surface area contributed by atoms with Crippen LogP contribution in [0, 0.1) is 0 Å². The number of benzene rings is 1. The summed E-state index contributed by atoms with van der Waals surface area (Å²) in [4.78, 5) is 23.8. The van der Waals surface area contributed by atoms with Crippen molar-refractivity contribution < 1.29 is 19.4 Å². The lowest BCUT2D eigenvalue weighted by atomic mass is 10.3. The summed E-state index contributed by atoms with van der Waals surface area (Å²) in [5.74, 6) is -0.878. The minimum atomic E-state index is -0.946. The van der Waals surface area contributed by atoms with E-state index in [0.717, 1.165) is 0 Å². The van der Waals surface area contributed by atoms with Gasteiger partial charge in [-0.05, 0) is 25.1 Å². The van der Waals surface area contributed by atoms with E-state index in [2.05, 4.69) is 0 Å². The van der Waals surface area contributed by atoms with Crippen molar-refractivity contribution in [2.75, 3.05) is 19.7 Å². The quantitative estimate of drug-likeness (QED) is 0.839. The van der Waals surface area contributed by atoms with Gasteiger partial charge < -0.3 is 14.7 Å². The minimum absolute atomic E-state index is 0.0960. The first kappa shape index (κ1) is 16.6. The Kier molecular flexibility index (Phi) is 6.61. The van der Waals surface area contributed by atoms with Crippen molar-refractivity contribution in [2.45, 2.75) is 13.3 Å². The second-order valence-corrected chi connectivity index (χ2v) is 4.82. The zero-order chi connectivity index (χ0) is 15.1. The average molecular weight is 320 g/mol. The summed E-state index contributed by atoms with van der Waals surface area (Å²) in [5.41, 5.74) is 0. The van der Waals surface area contributed by atoms with Gasteiger partial charge in [-0.25, -0.2) is 0 Å². The molecule has 110 valence electrons. The second-order valence-electron chi connectivity index (χ2n) is 3.98. The van der Waals surface area contributed by atoms with E-state index in [1.54, 1.807) is 19.1 Å². The number of aliphatic carboxylic acids is 1. The van der Waals surface area contributed by atoms with E-state index in [1.807, 2.05) is 0 Å². The van der Waals surface area contributed by atoms with Gasteiger partial charge >= 0.3 is 5.97 Å². The smallest absolute Gasteiger partial charge is 0.305 e. The van der Waals surface area contributed by atoms with E-state index in [0.29, 0.717) is 22.3 Å². The molecule has 20 heavy (non-hydrogen) atoms. The van der Waals surface area contributed by atoms with Crippen LogP contribution in [0.5, 0.6) is 5.75 Å². The molecule has 0 saturated carbocycles. The third kappa shape index (κ3) is 5.27. The normalized spacial score (nSPS) is 10.2. The largest absolute Gasteiger partial charge is 0.482 e. The van der Waals surface area contributed by atoms with Crippen molar-refractivity contribution in [1.29, 1.82) is 0 Å². The molecule has 0 radical (unpaired) electrons. The van der Waals surface area contributed by atoms with Crippen LogP contribution in [0.15, 0.2) is 18.2 Å². The lowest BCUT2D eigenvalue weighted by Gasteiger charge is -2.20. The molecule has 1 aromatic rings. The molecule has 0 spiro atoms. The molecule has 1 N–H and O–H groups in total. The van der Waals surface area contributed by atoms with E-state index in [9.17, 15) is 9.59 Å². The fourth-order valence-electron chi connectivity index (χ4n) is 1.51. The van der Waals surface area contributed by atoms with Gasteiger partial charge in [-0.1, -0.05) is 23.2 Å². The Balaban J connectivity index is 2.54. The minimum Gasteiger partial charge on any atom is -0.482 e. The molecule has 0 unspecified atom stereocenters. The van der Waals surface area contributed by atoms with E-state index in [-0.39, 0.29) is 25.5 Å². The molecule has 7 heteroatoms. The zero-order valence-corrected chi connectivity index (χ0v) is 12.4. The third-order valence-electron chi connectivity index (χ3n) is 2.58. The van der Waals surface area contributed by atoms with Crippen LogP contribution in [0.1, 0.15) is 13.3 Å². The van der Waals surface area contributed by atoms with Crippen LogP contribution in [-0.4, -0.2) is 41.6 Å². The highest BCUT2D eigenvalue weighted by Crippen LogP contribution is 2.27. The Bertz CT molecular complexity index is 493. The molecule has 0 heterocycles. The van der Waals surface area contributed by atoms with Gasteiger partial charge in [0.15, 0.2) is 6.61 Å². The molecule has 1 aromatic carbocycles. The lowest BCUT2D eigenvalue weighted by molar-refractivity contribution is -0.139. The van der Waals surface area contributed by atoms with E-state index in [1.165, 1.54) is 11.0 Å². The fraction of sp³-hybridized carbons (Fsp3) is 0.385. The number of nitrogens with zero attached hydrogens (tertiary/aromatic N) is 1. The molecule has 0 saturated heterocycles. The lowest BCUT2D eigenvalue weighted by Crippen LogP contribution is -2.36. The SMILES string of the molecule is CCN(CCC(=O)O)C(=O)COc1ccc(Cl)cc1Cl. The molecule has 1 rings (SSSR count). The number of amides is 1. The number of halogens is 2. The van der Waals surface area contributed by atoms with Crippen LogP contribution in [0.2, 0.25) is 10.0 Å². The number of hydrogen-bond acceptors (Lipinski definition) is 3. The van der Waals surface area contributed by atoms with Crippen LogP contribution in [0.3, 0.4) is 0 Å². The number of ether oxygens (including phenoxy) is 1. The summed E-state index contributed by atoms with van der Waals surface area (Å²) in [6.07, 6.45) is -0.0960. The zero-order valence-electron chi connectivity index (χ0n) is 10.9. The highest BCUT2D eigenvalue weighted by atomic mass is 35.5. The van der Waals surface area contributed by atoms with Crippen molar-refractivity contribution in [1.82, 2.24) is 4.90 Å². The molecule has 0 atom stereocenters. The summed E-state index contributed by atoms with van der Waals surface area (Å²) >= 11 is 11.7. The van der Waals surface area contributed by atoms with Gasteiger partial charge in [0.05, 0.1) is 11.4 Å². The van der Waals surface area contributed by atoms with Crippen molar-refractivity contribution >= 4 is 35.1 Å². The Morgan fingerprint density at radius 3 is 2.60 bits per heavy atom. The van der Waals surface area contributed by atoms with Crippen LogP contribution < -0.4 is 4.74 Å². The molecule has 0 aromatic heterocycles. The average Bonchev–Trinajstić information content (AvgIpc) is 2.38. The first-order chi connectivity index (χ1) is 9.43. The number of carbonyl (C=O) groups excluding carboxylic acids is 1. The molecular weight excluding hydrogens is 305 g/mol. The highest BCUT2D eigenvalue weighted by molar-refractivity contribution is 6.35. The number of carbonyl (C=O) groups is 2. The molecule has 0 aliphatic heterocycles. The standard InChI is InChI=1S/C13H15Cl2NO4/c1-2-16(6-5-13(18)19)12(17)8-20-11-4-3-9(14)7-10(11)15/h3-4,7H,2,5-6,8H2,1H3,(H,18,19). The van der Waals surface area contributed by atoms with Gasteiger partial charge in [0, 0.05) is 18.1 Å². The summed E-state index contributed by atoms with van der Waals surface area (Å²) in [5, 5.41) is 9.41. The Labute approximate surface area is 127 Å². The van der Waals surface area contributed by atoms with E-state index in [4.69, 9.17) is 33.0 Å². The van der Waals surface area contributed by atoms with Crippen LogP contribution >= 0.6 is 23.2 Å². The Morgan fingerprint density at radius 1 is 1.35 bits per heavy atom. The molecule has 0 aliphatic rings. The molecule has 0 bridgehead atoms. The van der Waals surface area contributed by atoms with E-state index >= 15 is 0 Å². The van der Waals surface area contributed by atoms with Gasteiger partial charge in [0.1, 0.15) is 5.75 Å². The summed E-state index contributed by atoms with van der Waals surface area (Å²) in [7, 11) is 0. The van der Waals surface area contributed by atoms with Crippen LogP contribution in [0.4, 0.5) is 0 Å². The first-order valence-electron chi connectivity index (χ1n) is 6.01. The van der Waals surface area contributed by atoms with Crippen LogP contribution in [-0.2, 0) is 9.59 Å². The van der Waals surface area contributed by atoms with Crippen molar-refractivity contribution in [2.24, 2.45) is 0 Å². The topological polar surface area (TPSA) is 66.8 Å². The number of carboxylic acids is 1. The maximum Gasteiger partial charge on any atom is 0.305 e. The summed E-state index contributed by atoms with van der Waals surface area (Å²) < 4.78 is 5.31. The predicted octanol–water partition coefficient (Wildman–Crippen LogP) is 2.70. The molecule has 5 nitrogen and oxygen atoms in total. The number of hydrogen-bond donors (Lipinski definition) is 1. The summed E-state index contributed by atoms with van der Waals surface area (Å²) in [6, 6.07) is 4.70. The number of carboxylic acid groups (broad SMARTS) is 1. The maximum absolute atomic E-state index is 11.9. The van der Waals surface area contributed by atoms with Gasteiger partial charge in [-0.15, -0.1) is 0 Å². The van der Waals surface area contributed by atoms with Crippen molar-refractivity contribution in [3.05, 3.63) is 28.2 Å². The first-order valence-corrected chi connectivity index (χ1v) is 6.77. The fourth-order valence-corrected chi connectivity index (χ4v) is 1.98. The maximum atomic E-state index is 11.9. The molecule has 0 aliphatic carbocycles. The van der Waals surface area contributed by atoms with Gasteiger partial charge in [0.2, 0.25) is 0 Å². The second kappa shape index (κ2) is 7.97. The highest BCUT2D eigenvalue weighted by Gasteiger charge is 2.14. The van der Waals surface area contributed by atoms with Gasteiger partial charge in [0.25, 0.3) is 5.91 Å². The molecular formula is C13H15Cl2NO4. The predicted molar refractivity (Wildman–Crippen MR) is 76.5 cm³/mol. The Morgan fingerprint density at radius 2 is 2.05 bits per heavy atom. The molecule has 0 fully saturated rings. The van der Waals surface area contributed by atoms with Crippen molar-refractivity contribution in [3.63, 3.8) is 0 Å². The summed E-state index contributed by atoms with van der Waals surface area (Å²) in [6.45, 7) is 2.15. The molecule has 1 amide bonds. The number of rotatable bonds is 7. The van der Waals surface area contributed by atoms with Crippen molar-refractivity contribution in [3.8, 4) is 5.75 Å². The van der Waals surface area contributed by atoms with E-state index < -0.39 is 5.97 Å². The van der Waals surface area contributed by atoms with Gasteiger partial charge in [-0.3, -0.25) is 9.59 Å². The van der Waals surface area contributed by atoms with Gasteiger partial charge in [-0.2, -0.15) is 0 Å². The third-order valence-corrected chi connectivity index (χ3v) is 3.11.